The molecule has 0 aliphatic carbocycles. The van der Waals surface area contributed by atoms with Crippen LogP contribution >= 0.6 is 11.3 Å². The van der Waals surface area contributed by atoms with E-state index >= 15 is 0 Å². The molecule has 0 spiro atoms. The summed E-state index contributed by atoms with van der Waals surface area (Å²) < 4.78 is 5.79. The second-order valence-corrected chi connectivity index (χ2v) is 6.25. The molecule has 1 aromatic heterocycles. The molecule has 0 aromatic carbocycles. The minimum atomic E-state index is -0.0617. The SMILES string of the molecule is CCCNC1(c2nc(C(C)C)cs2)CCOC1C. The molecule has 1 N–H and O–H groups in total. The molecule has 18 heavy (non-hydrogen) atoms. The molecular formula is C14H24N2OS. The number of hydrogen-bond donors (Lipinski definition) is 1. The van der Waals surface area contributed by atoms with Crippen molar-refractivity contribution >= 4 is 11.3 Å². The fraction of sp³-hybridized carbons (Fsp3) is 0.786. The number of ether oxygens (including phenoxy) is 1. The van der Waals surface area contributed by atoms with E-state index < -0.39 is 0 Å². The van der Waals surface area contributed by atoms with Gasteiger partial charge in [-0.3, -0.25) is 0 Å². The van der Waals surface area contributed by atoms with Gasteiger partial charge in [0, 0.05) is 12.0 Å². The van der Waals surface area contributed by atoms with E-state index in [0.717, 1.165) is 26.0 Å². The smallest absolute Gasteiger partial charge is 0.116 e. The summed E-state index contributed by atoms with van der Waals surface area (Å²) in [5, 5.41) is 7.08. The third kappa shape index (κ3) is 2.46. The van der Waals surface area contributed by atoms with Crippen LogP contribution in [0.4, 0.5) is 0 Å². The summed E-state index contributed by atoms with van der Waals surface area (Å²) in [5.74, 6) is 0.496. The maximum absolute atomic E-state index is 5.79. The summed E-state index contributed by atoms with van der Waals surface area (Å²) in [6.07, 6.45) is 2.37. The number of aromatic nitrogens is 1. The van der Waals surface area contributed by atoms with Gasteiger partial charge in [0.15, 0.2) is 0 Å². The van der Waals surface area contributed by atoms with Crippen LogP contribution in [0.25, 0.3) is 0 Å². The van der Waals surface area contributed by atoms with Crippen LogP contribution in [0.3, 0.4) is 0 Å². The van der Waals surface area contributed by atoms with Crippen LogP contribution < -0.4 is 5.32 Å². The monoisotopic (exact) mass is 268 g/mol. The van der Waals surface area contributed by atoms with Crippen LogP contribution in [0.5, 0.6) is 0 Å². The summed E-state index contributed by atoms with van der Waals surface area (Å²) >= 11 is 1.77. The Morgan fingerprint density at radius 2 is 2.39 bits per heavy atom. The van der Waals surface area contributed by atoms with Crippen LogP contribution in [0.15, 0.2) is 5.38 Å². The Morgan fingerprint density at radius 3 is 2.89 bits per heavy atom. The molecule has 2 rings (SSSR count). The summed E-state index contributed by atoms with van der Waals surface area (Å²) in [7, 11) is 0. The molecule has 0 saturated carbocycles. The molecule has 2 unspecified atom stereocenters. The van der Waals surface area contributed by atoms with Crippen molar-refractivity contribution in [3.8, 4) is 0 Å². The van der Waals surface area contributed by atoms with Gasteiger partial charge in [0.1, 0.15) is 5.01 Å². The summed E-state index contributed by atoms with van der Waals surface area (Å²) in [4.78, 5) is 4.84. The first-order chi connectivity index (χ1) is 8.60. The summed E-state index contributed by atoms with van der Waals surface area (Å²) in [6.45, 7) is 10.6. The van der Waals surface area contributed by atoms with Gasteiger partial charge in [-0.1, -0.05) is 20.8 Å². The van der Waals surface area contributed by atoms with Gasteiger partial charge in [0.05, 0.1) is 17.3 Å². The van der Waals surface area contributed by atoms with E-state index in [0.29, 0.717) is 5.92 Å². The highest BCUT2D eigenvalue weighted by molar-refractivity contribution is 7.09. The van der Waals surface area contributed by atoms with Crippen molar-refractivity contribution < 1.29 is 4.74 Å². The first-order valence-electron chi connectivity index (χ1n) is 6.92. The normalized spacial score (nSPS) is 28.2. The molecule has 102 valence electrons. The number of nitrogens with one attached hydrogen (secondary N) is 1. The molecule has 2 atom stereocenters. The van der Waals surface area contributed by atoms with Crippen molar-refractivity contribution in [2.45, 2.75) is 58.1 Å². The van der Waals surface area contributed by atoms with Crippen molar-refractivity contribution in [3.05, 3.63) is 16.1 Å². The second kappa shape index (κ2) is 5.68. The van der Waals surface area contributed by atoms with E-state index in [1.54, 1.807) is 11.3 Å². The van der Waals surface area contributed by atoms with Crippen molar-refractivity contribution in [2.24, 2.45) is 0 Å². The average Bonchev–Trinajstić information content (AvgIpc) is 2.94. The number of nitrogens with zero attached hydrogens (tertiary/aromatic N) is 1. The lowest BCUT2D eigenvalue weighted by Crippen LogP contribution is -2.48. The Kier molecular flexibility index (Phi) is 4.41. The molecule has 1 aromatic rings. The molecule has 3 nitrogen and oxygen atoms in total. The zero-order chi connectivity index (χ0) is 13.2. The van der Waals surface area contributed by atoms with Gasteiger partial charge >= 0.3 is 0 Å². The maximum atomic E-state index is 5.79. The van der Waals surface area contributed by atoms with Crippen molar-refractivity contribution in [1.82, 2.24) is 10.3 Å². The molecule has 1 aliphatic rings. The first kappa shape index (κ1) is 14.0. The lowest BCUT2D eigenvalue weighted by molar-refractivity contribution is 0.0818. The van der Waals surface area contributed by atoms with E-state index in [1.165, 1.54) is 10.7 Å². The minimum Gasteiger partial charge on any atom is -0.376 e. The van der Waals surface area contributed by atoms with Crippen LogP contribution in [0.1, 0.15) is 57.2 Å². The Balaban J connectivity index is 2.27. The van der Waals surface area contributed by atoms with Crippen molar-refractivity contribution in [2.75, 3.05) is 13.2 Å². The van der Waals surface area contributed by atoms with Crippen LogP contribution in [0.2, 0.25) is 0 Å². The first-order valence-corrected chi connectivity index (χ1v) is 7.80. The lowest BCUT2D eigenvalue weighted by atomic mass is 9.92. The van der Waals surface area contributed by atoms with Crippen LogP contribution in [-0.2, 0) is 10.3 Å². The van der Waals surface area contributed by atoms with Gasteiger partial charge in [-0.2, -0.15) is 0 Å². The molecule has 2 heterocycles. The highest BCUT2D eigenvalue weighted by atomic mass is 32.1. The third-order valence-corrected chi connectivity index (χ3v) is 4.78. The van der Waals surface area contributed by atoms with Crippen molar-refractivity contribution in [3.63, 3.8) is 0 Å². The Morgan fingerprint density at radius 1 is 1.61 bits per heavy atom. The zero-order valence-corrected chi connectivity index (χ0v) is 12.6. The topological polar surface area (TPSA) is 34.2 Å². The third-order valence-electron chi connectivity index (χ3n) is 3.74. The maximum Gasteiger partial charge on any atom is 0.116 e. The molecular weight excluding hydrogens is 244 g/mol. The van der Waals surface area contributed by atoms with E-state index in [9.17, 15) is 0 Å². The van der Waals surface area contributed by atoms with E-state index in [-0.39, 0.29) is 11.6 Å². The van der Waals surface area contributed by atoms with Gasteiger partial charge in [-0.25, -0.2) is 4.98 Å². The van der Waals surface area contributed by atoms with Gasteiger partial charge in [-0.15, -0.1) is 11.3 Å². The largest absolute Gasteiger partial charge is 0.376 e. The molecule has 1 fully saturated rings. The van der Waals surface area contributed by atoms with Gasteiger partial charge in [0.2, 0.25) is 0 Å². The minimum absolute atomic E-state index is 0.0617. The van der Waals surface area contributed by atoms with E-state index in [1.807, 2.05) is 0 Å². The molecule has 0 amide bonds. The molecule has 0 bridgehead atoms. The van der Waals surface area contributed by atoms with Crippen molar-refractivity contribution in [1.29, 1.82) is 0 Å². The van der Waals surface area contributed by atoms with Gasteiger partial charge in [0.25, 0.3) is 0 Å². The van der Waals surface area contributed by atoms with Crippen LogP contribution in [-0.4, -0.2) is 24.2 Å². The fourth-order valence-electron chi connectivity index (χ4n) is 2.44. The molecule has 4 heteroatoms. The highest BCUT2D eigenvalue weighted by Gasteiger charge is 2.44. The molecule has 1 aliphatic heterocycles. The molecule has 1 saturated heterocycles. The highest BCUT2D eigenvalue weighted by Crippen LogP contribution is 2.38. The zero-order valence-electron chi connectivity index (χ0n) is 11.8. The number of thiazole rings is 1. The number of hydrogen-bond acceptors (Lipinski definition) is 4. The lowest BCUT2D eigenvalue weighted by Gasteiger charge is -2.31. The average molecular weight is 268 g/mol. The number of rotatable bonds is 5. The quantitative estimate of drug-likeness (QED) is 0.890. The molecule has 0 radical (unpaired) electrons. The van der Waals surface area contributed by atoms with Gasteiger partial charge in [-0.05, 0) is 32.2 Å². The summed E-state index contributed by atoms with van der Waals surface area (Å²) in [6, 6.07) is 0. The fourth-order valence-corrected chi connectivity index (χ4v) is 3.70. The predicted octanol–water partition coefficient (Wildman–Crippen LogP) is 3.27. The second-order valence-electron chi connectivity index (χ2n) is 5.39. The summed E-state index contributed by atoms with van der Waals surface area (Å²) in [5.41, 5.74) is 1.14. The van der Waals surface area contributed by atoms with E-state index in [2.05, 4.69) is 38.4 Å². The Labute approximate surface area is 114 Å². The van der Waals surface area contributed by atoms with Gasteiger partial charge < -0.3 is 10.1 Å². The van der Waals surface area contributed by atoms with E-state index in [4.69, 9.17) is 9.72 Å². The predicted molar refractivity (Wildman–Crippen MR) is 76.2 cm³/mol. The Hall–Kier alpha value is -0.450. The van der Waals surface area contributed by atoms with Crippen LogP contribution in [0, 0.1) is 0 Å². The Bertz CT molecular complexity index is 391. The standard InChI is InChI=1S/C14H24N2OS/c1-5-7-15-14(6-8-17-11(14)4)13-16-12(9-18-13)10(2)3/h9-11,15H,5-8H2,1-4H3.